The minimum atomic E-state index is -0.216. The van der Waals surface area contributed by atoms with E-state index in [1.54, 1.807) is 0 Å². The summed E-state index contributed by atoms with van der Waals surface area (Å²) in [5.41, 5.74) is 19.2. The van der Waals surface area contributed by atoms with Crippen LogP contribution in [0.2, 0.25) is 0 Å². The van der Waals surface area contributed by atoms with Crippen LogP contribution in [0.15, 0.2) is 307 Å². The van der Waals surface area contributed by atoms with Crippen molar-refractivity contribution in [2.75, 3.05) is 0 Å². The fourth-order valence-electron chi connectivity index (χ4n) is 16.0. The number of rotatable bonds is 6. The number of para-hydroxylation sites is 3. The molecular weight excluding hydrogens is 1210 g/mol. The number of aliphatic imine (C=N–C) groups is 2. The molecule has 0 N–H and O–H groups in total. The fraction of sp³-hybridized carbons (Fsp3) is 0.0345. The summed E-state index contributed by atoms with van der Waals surface area (Å²) in [4.78, 5) is 11.8. The van der Waals surface area contributed by atoms with Gasteiger partial charge in [-0.3, -0.25) is 4.57 Å². The first-order chi connectivity index (χ1) is 47.0. The second-order valence-electron chi connectivity index (χ2n) is 25.6. The first kappa shape index (κ1) is 53.3. The van der Waals surface area contributed by atoms with E-state index >= 15 is 0 Å². The highest BCUT2D eigenvalue weighted by Gasteiger charge is 2.38. The number of fused-ring (bicyclic) bond motifs is 19. The Morgan fingerprint density at radius 2 is 0.653 bits per heavy atom. The van der Waals surface area contributed by atoms with Crippen LogP contribution in [0.4, 0.5) is 0 Å². The standard InChI is InChI=1S/C87H53N5S3/c1-50-72(91-74-24-9-3-18-60(74)63-36-30-55(48-77(63)91)52-33-41-83-69(45-52)66-21-6-12-27-80(66)94-83)39-38-71-85(50)86(89-87(88-71)92-75-25-10-4-19-61(75)64-37-31-56(49-78(64)92)53-34-42-84-70(46-53)67-22-7-13-28-81(67)95-84)57-15-14-16-58(43-57)90-73-23-8-2-17-59(73)62-35-29-54(47-76(62)90)51-32-40-82-68(44-51)65-20-5-11-26-79(65)93-82/h2-50,85H,1H3. The van der Waals surface area contributed by atoms with Crippen molar-refractivity contribution in [3.8, 4) is 39.1 Å². The molecule has 0 amide bonds. The molecule has 0 fully saturated rings. The lowest BCUT2D eigenvalue weighted by Gasteiger charge is -2.34. The van der Waals surface area contributed by atoms with E-state index in [0.717, 1.165) is 61.1 Å². The van der Waals surface area contributed by atoms with Gasteiger partial charge in [0.25, 0.3) is 0 Å². The van der Waals surface area contributed by atoms with E-state index in [1.807, 2.05) is 34.0 Å². The number of benzene rings is 13. The zero-order chi connectivity index (χ0) is 62.1. The van der Waals surface area contributed by atoms with Crippen LogP contribution in [-0.2, 0) is 0 Å². The zero-order valence-corrected chi connectivity index (χ0v) is 53.8. The maximum absolute atomic E-state index is 6.03. The lowest BCUT2D eigenvalue weighted by atomic mass is 9.78. The molecule has 1 aliphatic heterocycles. The largest absolute Gasteiger partial charge is 0.313 e. The summed E-state index contributed by atoms with van der Waals surface area (Å²) >= 11 is 5.58. The Balaban J connectivity index is 0.762. The molecule has 2 aliphatic rings. The van der Waals surface area contributed by atoms with E-state index in [9.17, 15) is 0 Å². The number of thiophene rings is 3. The molecule has 7 heterocycles. The van der Waals surface area contributed by atoms with Crippen LogP contribution >= 0.6 is 34.0 Å². The van der Waals surface area contributed by atoms with Crippen molar-refractivity contribution < 1.29 is 0 Å². The van der Waals surface area contributed by atoms with Gasteiger partial charge in [-0.1, -0.05) is 183 Å². The van der Waals surface area contributed by atoms with Gasteiger partial charge < -0.3 is 9.13 Å². The smallest absolute Gasteiger partial charge is 0.235 e. The molecule has 0 bridgehead atoms. The molecule has 8 heteroatoms. The molecule has 0 spiro atoms. The lowest BCUT2D eigenvalue weighted by Crippen LogP contribution is -2.33. The van der Waals surface area contributed by atoms with Gasteiger partial charge in [-0.2, -0.15) is 0 Å². The third-order valence-electron chi connectivity index (χ3n) is 20.5. The number of nitrogens with zero attached hydrogens (tertiary/aromatic N) is 5. The average Bonchev–Trinajstić information content (AvgIpc) is 1.59. The Bertz CT molecular complexity index is 6700. The summed E-state index contributed by atoms with van der Waals surface area (Å²) in [5.74, 6) is 0.361. The van der Waals surface area contributed by atoms with Crippen LogP contribution in [0.3, 0.4) is 0 Å². The van der Waals surface area contributed by atoms with Gasteiger partial charge in [0.1, 0.15) is 0 Å². The number of aromatic nitrogens is 3. The predicted octanol–water partition coefficient (Wildman–Crippen LogP) is 24.5. The van der Waals surface area contributed by atoms with E-state index in [1.165, 1.54) is 127 Å². The van der Waals surface area contributed by atoms with Crippen LogP contribution in [-0.4, -0.2) is 25.4 Å². The molecule has 95 heavy (non-hydrogen) atoms. The molecule has 1 aliphatic carbocycles. The van der Waals surface area contributed by atoms with Gasteiger partial charge in [0.15, 0.2) is 0 Å². The third kappa shape index (κ3) is 7.99. The Morgan fingerprint density at radius 1 is 0.274 bits per heavy atom. The first-order valence-corrected chi connectivity index (χ1v) is 35.0. The van der Waals surface area contributed by atoms with Gasteiger partial charge in [0.05, 0.1) is 50.4 Å². The molecule has 0 saturated carbocycles. The van der Waals surface area contributed by atoms with E-state index < -0.39 is 0 Å². The monoisotopic (exact) mass is 1260 g/mol. The summed E-state index contributed by atoms with van der Waals surface area (Å²) in [6.45, 7) is 2.40. The molecule has 2 atom stereocenters. The van der Waals surface area contributed by atoms with Crippen molar-refractivity contribution in [2.45, 2.75) is 6.92 Å². The molecule has 21 rings (SSSR count). The van der Waals surface area contributed by atoms with Gasteiger partial charge in [0, 0.05) is 110 Å². The van der Waals surface area contributed by atoms with Crippen molar-refractivity contribution >= 4 is 177 Å². The number of hydrogen-bond acceptors (Lipinski definition) is 5. The molecule has 5 nitrogen and oxygen atoms in total. The highest BCUT2D eigenvalue weighted by atomic mass is 32.1. The van der Waals surface area contributed by atoms with Crippen molar-refractivity contribution in [1.82, 2.24) is 13.7 Å². The van der Waals surface area contributed by atoms with Crippen LogP contribution in [0.5, 0.6) is 0 Å². The highest BCUT2D eigenvalue weighted by Crippen LogP contribution is 2.47. The van der Waals surface area contributed by atoms with Crippen molar-refractivity contribution in [3.05, 3.63) is 302 Å². The highest BCUT2D eigenvalue weighted by molar-refractivity contribution is 7.26. The molecule has 2 unspecified atom stereocenters. The Morgan fingerprint density at radius 3 is 1.15 bits per heavy atom. The van der Waals surface area contributed by atoms with Crippen molar-refractivity contribution in [2.24, 2.45) is 21.8 Å². The van der Waals surface area contributed by atoms with Crippen LogP contribution in [0, 0.1) is 11.8 Å². The van der Waals surface area contributed by atoms with Crippen molar-refractivity contribution in [1.29, 1.82) is 0 Å². The zero-order valence-electron chi connectivity index (χ0n) is 51.3. The molecule has 19 aromatic rings. The second-order valence-corrected chi connectivity index (χ2v) is 28.8. The van der Waals surface area contributed by atoms with Crippen LogP contribution in [0.1, 0.15) is 12.5 Å². The molecule has 444 valence electrons. The summed E-state index contributed by atoms with van der Waals surface area (Å²) < 4.78 is 15.2. The SMILES string of the molecule is CC1C(n2c3ccccc3c3ccc(-c4ccc5sc6ccccc6c5c4)cc32)=CC=C2N=C(n3c4ccccc4c4ccc(-c5ccc6sc7ccccc7c6c5)cc43)N=C(c3cccc(-n4c5ccccc5c5ccc(-c6ccc7sc8ccccc8c7c6)cc54)c3)C21. The van der Waals surface area contributed by atoms with Crippen LogP contribution in [0.25, 0.3) is 171 Å². The summed E-state index contributed by atoms with van der Waals surface area (Å²) in [6, 6.07) is 104. The van der Waals surface area contributed by atoms with Gasteiger partial charge in [-0.05, 0) is 154 Å². The number of hydrogen-bond donors (Lipinski definition) is 0. The number of allylic oxidation sites excluding steroid dienone is 4. The summed E-state index contributed by atoms with van der Waals surface area (Å²) in [5, 5.41) is 15.0. The Hall–Kier alpha value is -11.3. The molecule has 0 radical (unpaired) electrons. The van der Waals surface area contributed by atoms with Crippen molar-refractivity contribution in [3.63, 3.8) is 0 Å². The van der Waals surface area contributed by atoms with Gasteiger partial charge >= 0.3 is 0 Å². The maximum Gasteiger partial charge on any atom is 0.235 e. The fourth-order valence-corrected chi connectivity index (χ4v) is 19.3. The Labute approximate surface area is 557 Å². The van der Waals surface area contributed by atoms with Gasteiger partial charge in [-0.15, -0.1) is 34.0 Å². The minimum absolute atomic E-state index is 0.0692. The molecule has 13 aromatic carbocycles. The van der Waals surface area contributed by atoms with E-state index in [0.29, 0.717) is 5.96 Å². The van der Waals surface area contributed by atoms with Crippen LogP contribution < -0.4 is 0 Å². The third-order valence-corrected chi connectivity index (χ3v) is 23.9. The molecular formula is C87H53N5S3. The minimum Gasteiger partial charge on any atom is -0.313 e. The second kappa shape index (κ2) is 20.4. The maximum atomic E-state index is 6.03. The molecule has 6 aromatic heterocycles. The predicted molar refractivity (Wildman–Crippen MR) is 409 cm³/mol. The average molecular weight is 1260 g/mol. The molecule has 0 saturated heterocycles. The Kier molecular flexibility index (Phi) is 11.4. The summed E-state index contributed by atoms with van der Waals surface area (Å²) in [7, 11) is 0. The normalized spacial score (nSPS) is 15.3. The van der Waals surface area contributed by atoms with E-state index in [4.69, 9.17) is 9.98 Å². The van der Waals surface area contributed by atoms with E-state index in [-0.39, 0.29) is 11.8 Å². The van der Waals surface area contributed by atoms with Gasteiger partial charge in [0.2, 0.25) is 5.96 Å². The topological polar surface area (TPSA) is 39.5 Å². The van der Waals surface area contributed by atoms with E-state index in [2.05, 4.69) is 312 Å². The summed E-state index contributed by atoms with van der Waals surface area (Å²) in [6.07, 6.45) is 4.64. The quantitative estimate of drug-likeness (QED) is 0.159. The van der Waals surface area contributed by atoms with Gasteiger partial charge in [-0.25, -0.2) is 9.98 Å². The first-order valence-electron chi connectivity index (χ1n) is 32.5. The lowest BCUT2D eigenvalue weighted by molar-refractivity contribution is 0.594.